The second-order valence-corrected chi connectivity index (χ2v) is 6.86. The smallest absolute Gasteiger partial charge is 0.0701 e. The number of hydrogen-bond acceptors (Lipinski definition) is 6. The van der Waals surface area contributed by atoms with Crippen molar-refractivity contribution in [1.82, 2.24) is 0 Å². The van der Waals surface area contributed by atoms with Gasteiger partial charge >= 0.3 is 0 Å². The quantitative estimate of drug-likeness (QED) is 0.269. The van der Waals surface area contributed by atoms with Crippen LogP contribution in [0.5, 0.6) is 0 Å². The molecule has 6 heteroatoms. The number of unbranched alkanes of at least 4 members (excludes halogenated alkanes) is 4. The molecule has 1 N–H and O–H groups in total. The van der Waals surface area contributed by atoms with Gasteiger partial charge in [0.15, 0.2) is 0 Å². The zero-order chi connectivity index (χ0) is 19.8. The van der Waals surface area contributed by atoms with Gasteiger partial charge in [-0.1, -0.05) is 52.4 Å². The van der Waals surface area contributed by atoms with Gasteiger partial charge in [0.05, 0.1) is 66.1 Å². The van der Waals surface area contributed by atoms with Crippen LogP contribution >= 0.6 is 0 Å². The van der Waals surface area contributed by atoms with Crippen LogP contribution in [0.1, 0.15) is 58.8 Å². The van der Waals surface area contributed by atoms with Gasteiger partial charge in [0, 0.05) is 6.61 Å². The van der Waals surface area contributed by atoms with E-state index in [1.54, 1.807) is 0 Å². The first-order valence-corrected chi connectivity index (χ1v) is 10.8. The predicted molar refractivity (Wildman–Crippen MR) is 108 cm³/mol. The fourth-order valence-corrected chi connectivity index (χ4v) is 2.48. The number of rotatable bonds is 23. The molecule has 0 aliphatic carbocycles. The molecule has 0 saturated heterocycles. The molecular weight excluding hydrogens is 348 g/mol. The molecule has 0 fully saturated rings. The maximum absolute atomic E-state index is 8.53. The van der Waals surface area contributed by atoms with Crippen LogP contribution in [0.2, 0.25) is 0 Å². The van der Waals surface area contributed by atoms with Gasteiger partial charge in [-0.15, -0.1) is 0 Å². The Morgan fingerprint density at radius 2 is 0.963 bits per heavy atom. The van der Waals surface area contributed by atoms with Crippen molar-refractivity contribution in [2.45, 2.75) is 58.8 Å². The molecule has 1 atom stereocenters. The van der Waals surface area contributed by atoms with Crippen LogP contribution in [0.4, 0.5) is 0 Å². The highest BCUT2D eigenvalue weighted by atomic mass is 16.6. The Balaban J connectivity index is 2.99. The predicted octanol–water partition coefficient (Wildman–Crippen LogP) is 3.45. The first kappa shape index (κ1) is 26.8. The first-order chi connectivity index (χ1) is 13.3. The lowest BCUT2D eigenvalue weighted by Gasteiger charge is -2.08. The zero-order valence-corrected chi connectivity index (χ0v) is 17.8. The highest BCUT2D eigenvalue weighted by molar-refractivity contribution is 4.51. The Labute approximate surface area is 166 Å². The molecule has 0 aliphatic heterocycles. The minimum Gasteiger partial charge on any atom is -0.394 e. The third-order valence-electron chi connectivity index (χ3n) is 4.41. The summed E-state index contributed by atoms with van der Waals surface area (Å²) in [6.45, 7) is 10.4. The Morgan fingerprint density at radius 3 is 1.44 bits per heavy atom. The first-order valence-electron chi connectivity index (χ1n) is 10.8. The van der Waals surface area contributed by atoms with Gasteiger partial charge in [-0.25, -0.2) is 0 Å². The van der Waals surface area contributed by atoms with Crippen molar-refractivity contribution in [3.8, 4) is 0 Å². The van der Waals surface area contributed by atoms with Gasteiger partial charge in [0.2, 0.25) is 0 Å². The number of hydrogen-bond donors (Lipinski definition) is 1. The maximum atomic E-state index is 8.53. The molecule has 0 bridgehead atoms. The standard InChI is InChI=1S/C21H44O6/c1-3-21(2)9-7-5-4-6-8-11-23-13-15-25-17-19-27-20-18-26-16-14-24-12-10-22/h21-22H,3-20H2,1-2H3. The van der Waals surface area contributed by atoms with E-state index in [1.165, 1.54) is 38.5 Å². The Bertz CT molecular complexity index is 265. The lowest BCUT2D eigenvalue weighted by atomic mass is 10.0. The molecule has 0 saturated carbocycles. The molecule has 27 heavy (non-hydrogen) atoms. The summed E-state index contributed by atoms with van der Waals surface area (Å²) in [6, 6.07) is 0. The molecule has 0 amide bonds. The van der Waals surface area contributed by atoms with Crippen molar-refractivity contribution in [2.24, 2.45) is 5.92 Å². The Hall–Kier alpha value is -0.240. The molecule has 1 unspecified atom stereocenters. The van der Waals surface area contributed by atoms with Crippen LogP contribution in [0.3, 0.4) is 0 Å². The van der Waals surface area contributed by atoms with Crippen LogP contribution in [-0.4, -0.2) is 77.8 Å². The normalized spacial score (nSPS) is 12.6. The van der Waals surface area contributed by atoms with Crippen molar-refractivity contribution < 1.29 is 28.8 Å². The van der Waals surface area contributed by atoms with Gasteiger partial charge < -0.3 is 28.8 Å². The molecule has 0 aromatic heterocycles. The van der Waals surface area contributed by atoms with Gasteiger partial charge in [0.1, 0.15) is 0 Å². The molecule has 0 spiro atoms. The summed E-state index contributed by atoms with van der Waals surface area (Å²) < 4.78 is 26.8. The molecule has 0 rings (SSSR count). The summed E-state index contributed by atoms with van der Waals surface area (Å²) in [7, 11) is 0. The van der Waals surface area contributed by atoms with Crippen molar-refractivity contribution in [3.63, 3.8) is 0 Å². The number of aliphatic hydroxyl groups is 1. The van der Waals surface area contributed by atoms with E-state index in [-0.39, 0.29) is 6.61 Å². The van der Waals surface area contributed by atoms with Gasteiger partial charge in [0.25, 0.3) is 0 Å². The minimum atomic E-state index is 0.0484. The second-order valence-electron chi connectivity index (χ2n) is 6.86. The largest absolute Gasteiger partial charge is 0.394 e. The Morgan fingerprint density at radius 1 is 0.556 bits per heavy atom. The molecule has 164 valence electrons. The minimum absolute atomic E-state index is 0.0484. The van der Waals surface area contributed by atoms with Crippen molar-refractivity contribution in [1.29, 1.82) is 0 Å². The van der Waals surface area contributed by atoms with E-state index in [2.05, 4.69) is 13.8 Å². The molecule has 0 radical (unpaired) electrons. The SMILES string of the molecule is CCC(C)CCCCCCCOCCOCCOCCOCCOCCO. The van der Waals surface area contributed by atoms with Crippen molar-refractivity contribution in [3.05, 3.63) is 0 Å². The fourth-order valence-electron chi connectivity index (χ4n) is 2.48. The summed E-state index contributed by atoms with van der Waals surface area (Å²) >= 11 is 0. The third kappa shape index (κ3) is 23.7. The fraction of sp³-hybridized carbons (Fsp3) is 1.00. The van der Waals surface area contributed by atoms with Gasteiger partial charge in [-0.2, -0.15) is 0 Å². The molecular formula is C21H44O6. The van der Waals surface area contributed by atoms with E-state index in [0.717, 1.165) is 18.9 Å². The van der Waals surface area contributed by atoms with E-state index in [9.17, 15) is 0 Å². The number of aliphatic hydroxyl groups excluding tert-OH is 1. The topological polar surface area (TPSA) is 66.4 Å². The highest BCUT2D eigenvalue weighted by Gasteiger charge is 1.98. The van der Waals surface area contributed by atoms with E-state index in [4.69, 9.17) is 28.8 Å². The zero-order valence-electron chi connectivity index (χ0n) is 17.8. The number of ether oxygens (including phenoxy) is 5. The van der Waals surface area contributed by atoms with Crippen LogP contribution in [-0.2, 0) is 23.7 Å². The van der Waals surface area contributed by atoms with Gasteiger partial charge in [-0.3, -0.25) is 0 Å². The summed E-state index contributed by atoms with van der Waals surface area (Å²) in [5, 5.41) is 8.53. The van der Waals surface area contributed by atoms with Crippen LogP contribution in [0.15, 0.2) is 0 Å². The monoisotopic (exact) mass is 392 g/mol. The summed E-state index contributed by atoms with van der Waals surface area (Å²) in [4.78, 5) is 0. The summed E-state index contributed by atoms with van der Waals surface area (Å²) in [5.74, 6) is 0.884. The molecule has 6 nitrogen and oxygen atoms in total. The van der Waals surface area contributed by atoms with Crippen LogP contribution in [0, 0.1) is 5.92 Å². The van der Waals surface area contributed by atoms with Crippen molar-refractivity contribution in [2.75, 3.05) is 72.7 Å². The van der Waals surface area contributed by atoms with E-state index in [0.29, 0.717) is 59.5 Å². The van der Waals surface area contributed by atoms with Gasteiger partial charge in [-0.05, 0) is 12.3 Å². The maximum Gasteiger partial charge on any atom is 0.0701 e. The summed E-state index contributed by atoms with van der Waals surface area (Å²) in [6.07, 6.45) is 9.16. The molecule has 0 aromatic rings. The van der Waals surface area contributed by atoms with Crippen LogP contribution < -0.4 is 0 Å². The Kier molecular flexibility index (Phi) is 23.6. The summed E-state index contributed by atoms with van der Waals surface area (Å²) in [5.41, 5.74) is 0. The van der Waals surface area contributed by atoms with Crippen LogP contribution in [0.25, 0.3) is 0 Å². The van der Waals surface area contributed by atoms with E-state index >= 15 is 0 Å². The lowest BCUT2D eigenvalue weighted by molar-refractivity contribution is -0.0134. The lowest BCUT2D eigenvalue weighted by Crippen LogP contribution is -2.13. The van der Waals surface area contributed by atoms with E-state index < -0.39 is 0 Å². The average molecular weight is 393 g/mol. The molecule has 0 aromatic carbocycles. The highest BCUT2D eigenvalue weighted by Crippen LogP contribution is 2.13. The van der Waals surface area contributed by atoms with Crippen molar-refractivity contribution >= 4 is 0 Å². The third-order valence-corrected chi connectivity index (χ3v) is 4.41. The second kappa shape index (κ2) is 23.8. The average Bonchev–Trinajstić information content (AvgIpc) is 2.68. The molecule has 0 aliphatic rings. The molecule has 0 heterocycles. The van der Waals surface area contributed by atoms with E-state index in [1.807, 2.05) is 0 Å².